The maximum absolute atomic E-state index is 10.2. The quantitative estimate of drug-likeness (QED) is 0.269. The van der Waals surface area contributed by atoms with Gasteiger partial charge in [-0.2, -0.15) is 0 Å². The molecule has 0 atom stereocenters. The van der Waals surface area contributed by atoms with Gasteiger partial charge in [-0.15, -0.1) is 0 Å². The molecule has 3 aromatic carbocycles. The predicted octanol–water partition coefficient (Wildman–Crippen LogP) is 1.82. The lowest BCUT2D eigenvalue weighted by molar-refractivity contribution is 0.0686. The number of aromatic carboxylic acids is 3. The fourth-order valence-electron chi connectivity index (χ4n) is 1.89. The van der Waals surface area contributed by atoms with Gasteiger partial charge >= 0.3 is 17.9 Å². The van der Waals surface area contributed by atoms with Gasteiger partial charge in [0.15, 0.2) is 0 Å². The number of aliphatic hydroxyl groups excluding tert-OH is 3. The van der Waals surface area contributed by atoms with Crippen molar-refractivity contribution in [3.05, 3.63) is 108 Å². The number of hydrogen-bond donors (Lipinski definition) is 7. The molecule has 0 saturated heterocycles. The highest BCUT2D eigenvalue weighted by molar-refractivity contribution is 5.88. The smallest absolute Gasteiger partial charge is 0.335 e. The van der Waals surface area contributed by atoms with E-state index in [1.165, 1.54) is 0 Å². The van der Waals surface area contributed by atoms with Crippen molar-refractivity contribution in [3.8, 4) is 0 Å². The summed E-state index contributed by atoms with van der Waals surface area (Å²) in [6, 6.07) is 24.9. The van der Waals surface area contributed by atoms with E-state index in [1.807, 2.05) is 0 Å². The van der Waals surface area contributed by atoms with Gasteiger partial charge in [-0.05, 0) is 36.4 Å². The molecule has 8 N–H and O–H groups in total. The standard InChI is InChI=1S/3C7H6O2.C4H11NO3/c3*8-7(9)6-4-2-1-3-5-6;5-4(1-6,2-7)3-8/h3*1-5H,(H,8,9);6-8H,1-3,5H2. The third-order valence-corrected chi connectivity index (χ3v) is 4.01. The van der Waals surface area contributed by atoms with E-state index >= 15 is 0 Å². The Bertz CT molecular complexity index is 867. The van der Waals surface area contributed by atoms with Gasteiger partial charge in [0.05, 0.1) is 42.0 Å². The highest BCUT2D eigenvalue weighted by Crippen LogP contribution is 1.97. The van der Waals surface area contributed by atoms with Gasteiger partial charge in [0.2, 0.25) is 0 Å². The Hall–Kier alpha value is -4.09. The Labute approximate surface area is 202 Å². The molecular formula is C25H29NO9. The Morgan fingerprint density at radius 1 is 0.514 bits per heavy atom. The van der Waals surface area contributed by atoms with Crippen LogP contribution in [-0.2, 0) is 0 Å². The molecule has 3 aromatic rings. The van der Waals surface area contributed by atoms with Crippen LogP contribution in [0.1, 0.15) is 31.1 Å². The van der Waals surface area contributed by atoms with Crippen LogP contribution in [0.5, 0.6) is 0 Å². The van der Waals surface area contributed by atoms with Crippen LogP contribution in [0.3, 0.4) is 0 Å². The first-order chi connectivity index (χ1) is 16.6. The van der Waals surface area contributed by atoms with E-state index in [0.717, 1.165) is 0 Å². The van der Waals surface area contributed by atoms with Crippen molar-refractivity contribution in [1.82, 2.24) is 0 Å². The van der Waals surface area contributed by atoms with Crippen LogP contribution in [0.4, 0.5) is 0 Å². The SMILES string of the molecule is NC(CO)(CO)CO.O=C(O)c1ccccc1.O=C(O)c1ccccc1.O=C(O)c1ccccc1. The van der Waals surface area contributed by atoms with Crippen molar-refractivity contribution < 1.29 is 45.0 Å². The minimum atomic E-state index is -1.21. The normalized spacial score (nSPS) is 9.60. The van der Waals surface area contributed by atoms with Crippen LogP contribution in [-0.4, -0.2) is 73.9 Å². The zero-order valence-corrected chi connectivity index (χ0v) is 18.8. The van der Waals surface area contributed by atoms with Gasteiger partial charge in [0.1, 0.15) is 0 Å². The first-order valence-corrected chi connectivity index (χ1v) is 10.1. The zero-order valence-electron chi connectivity index (χ0n) is 18.8. The molecule has 0 fully saturated rings. The molecule has 0 aliphatic rings. The van der Waals surface area contributed by atoms with E-state index in [-0.39, 0.29) is 0 Å². The maximum Gasteiger partial charge on any atom is 0.335 e. The molecule has 0 bridgehead atoms. The second-order valence-corrected chi connectivity index (χ2v) is 6.85. The number of carboxylic acids is 3. The van der Waals surface area contributed by atoms with Gasteiger partial charge in [-0.1, -0.05) is 54.6 Å². The molecule has 0 aliphatic heterocycles. The lowest BCUT2D eigenvalue weighted by Crippen LogP contribution is -2.50. The summed E-state index contributed by atoms with van der Waals surface area (Å²) >= 11 is 0. The zero-order chi connectivity index (χ0) is 26.7. The summed E-state index contributed by atoms with van der Waals surface area (Å²) in [5.41, 5.74) is 4.93. The first kappa shape index (κ1) is 30.9. The molecule has 0 aromatic heterocycles. The van der Waals surface area contributed by atoms with Gasteiger partial charge < -0.3 is 36.4 Å². The first-order valence-electron chi connectivity index (χ1n) is 10.1. The van der Waals surface area contributed by atoms with E-state index < -0.39 is 43.3 Å². The van der Waals surface area contributed by atoms with Crippen molar-refractivity contribution in [2.24, 2.45) is 5.73 Å². The Kier molecular flexibility index (Phi) is 15.4. The largest absolute Gasteiger partial charge is 0.478 e. The summed E-state index contributed by atoms with van der Waals surface area (Å²) in [6.07, 6.45) is 0. The third kappa shape index (κ3) is 13.9. The van der Waals surface area contributed by atoms with Crippen molar-refractivity contribution in [2.45, 2.75) is 5.54 Å². The average Bonchev–Trinajstić information content (AvgIpc) is 2.91. The van der Waals surface area contributed by atoms with Crippen LogP contribution in [0.15, 0.2) is 91.0 Å². The van der Waals surface area contributed by atoms with Gasteiger partial charge in [-0.3, -0.25) is 0 Å². The molecule has 10 nitrogen and oxygen atoms in total. The average molecular weight is 488 g/mol. The summed E-state index contributed by atoms with van der Waals surface area (Å²) in [5, 5.41) is 50.2. The molecule has 0 aliphatic carbocycles. The van der Waals surface area contributed by atoms with Crippen molar-refractivity contribution in [2.75, 3.05) is 19.8 Å². The van der Waals surface area contributed by atoms with Crippen LogP contribution < -0.4 is 5.73 Å². The van der Waals surface area contributed by atoms with Crippen LogP contribution >= 0.6 is 0 Å². The van der Waals surface area contributed by atoms with E-state index in [0.29, 0.717) is 16.7 Å². The van der Waals surface area contributed by atoms with Gasteiger partial charge in [0, 0.05) is 0 Å². The molecule has 0 saturated carbocycles. The molecule has 188 valence electrons. The number of nitrogens with two attached hydrogens (primary N) is 1. The van der Waals surface area contributed by atoms with Gasteiger partial charge in [-0.25, -0.2) is 14.4 Å². The molecule has 0 unspecified atom stereocenters. The number of hydrogen-bond acceptors (Lipinski definition) is 7. The van der Waals surface area contributed by atoms with Crippen LogP contribution in [0.25, 0.3) is 0 Å². The third-order valence-electron chi connectivity index (χ3n) is 4.01. The molecule has 10 heteroatoms. The Balaban J connectivity index is 0.000000441. The highest BCUT2D eigenvalue weighted by atomic mass is 16.4. The highest BCUT2D eigenvalue weighted by Gasteiger charge is 2.20. The van der Waals surface area contributed by atoms with Crippen LogP contribution in [0, 0.1) is 0 Å². The van der Waals surface area contributed by atoms with E-state index in [1.54, 1.807) is 91.0 Å². The monoisotopic (exact) mass is 487 g/mol. The summed E-state index contributed by atoms with van der Waals surface area (Å²) < 4.78 is 0. The van der Waals surface area contributed by atoms with E-state index in [2.05, 4.69) is 0 Å². The predicted molar refractivity (Wildman–Crippen MR) is 128 cm³/mol. The number of rotatable bonds is 6. The molecular weight excluding hydrogens is 458 g/mol. The molecule has 0 radical (unpaired) electrons. The summed E-state index contributed by atoms with van der Waals surface area (Å²) in [6.45, 7) is -1.21. The van der Waals surface area contributed by atoms with Crippen molar-refractivity contribution >= 4 is 17.9 Å². The topological polar surface area (TPSA) is 199 Å². The minimum absolute atomic E-state index is 0.331. The summed E-state index contributed by atoms with van der Waals surface area (Å²) in [4.78, 5) is 30.6. The van der Waals surface area contributed by atoms with Crippen molar-refractivity contribution in [3.63, 3.8) is 0 Å². The number of benzene rings is 3. The van der Waals surface area contributed by atoms with E-state index in [9.17, 15) is 14.4 Å². The second-order valence-electron chi connectivity index (χ2n) is 6.85. The van der Waals surface area contributed by atoms with Gasteiger partial charge in [0.25, 0.3) is 0 Å². The fourth-order valence-corrected chi connectivity index (χ4v) is 1.89. The second kappa shape index (κ2) is 17.4. The molecule has 0 heterocycles. The summed E-state index contributed by atoms with van der Waals surface area (Å²) in [7, 11) is 0. The summed E-state index contributed by atoms with van der Waals surface area (Å²) in [5.74, 6) is -2.64. The van der Waals surface area contributed by atoms with Crippen molar-refractivity contribution in [1.29, 1.82) is 0 Å². The Morgan fingerprint density at radius 3 is 0.800 bits per heavy atom. The van der Waals surface area contributed by atoms with E-state index in [4.69, 9.17) is 36.4 Å². The van der Waals surface area contributed by atoms with Crippen LogP contribution in [0.2, 0.25) is 0 Å². The lowest BCUT2D eigenvalue weighted by Gasteiger charge is -2.20. The number of aliphatic hydroxyl groups is 3. The molecule has 3 rings (SSSR count). The number of carbonyl (C=O) groups is 3. The Morgan fingerprint density at radius 2 is 0.714 bits per heavy atom. The lowest BCUT2D eigenvalue weighted by atomic mass is 10.1. The number of carboxylic acid groups (broad SMARTS) is 3. The maximum atomic E-state index is 10.2. The fraction of sp³-hybridized carbons (Fsp3) is 0.160. The molecule has 0 amide bonds. The minimum Gasteiger partial charge on any atom is -0.478 e. The molecule has 0 spiro atoms. The molecule has 35 heavy (non-hydrogen) atoms.